The smallest absolute Gasteiger partial charge is 0.179 e. The van der Waals surface area contributed by atoms with Crippen LogP contribution in [0.2, 0.25) is 0 Å². The number of hydrogen-bond donors (Lipinski definition) is 0. The van der Waals surface area contributed by atoms with Crippen molar-refractivity contribution >= 4 is 94.2 Å². The molecule has 4 heteroatoms. The van der Waals surface area contributed by atoms with E-state index in [0.717, 1.165) is 28.1 Å². The Morgan fingerprint density at radius 3 is 1.03 bits per heavy atom. The molecule has 0 aliphatic heterocycles. The zero-order chi connectivity index (χ0) is 46.2. The van der Waals surface area contributed by atoms with Crippen LogP contribution in [0.3, 0.4) is 0 Å². The van der Waals surface area contributed by atoms with Crippen LogP contribution in [0.4, 0.5) is 0 Å². The number of rotatable bonds is 8. The van der Waals surface area contributed by atoms with E-state index in [4.69, 9.17) is 0 Å². The molecule has 0 radical (unpaired) electrons. The summed E-state index contributed by atoms with van der Waals surface area (Å²) >= 11 is 0. The first kappa shape index (κ1) is 40.1. The number of aromatic nitrogens is 3. The summed E-state index contributed by atoms with van der Waals surface area (Å²) in [5.74, 6) is 0. The van der Waals surface area contributed by atoms with Crippen molar-refractivity contribution in [2.45, 2.75) is 0 Å². The van der Waals surface area contributed by atoms with Gasteiger partial charge in [0.2, 0.25) is 0 Å². The van der Waals surface area contributed by atoms with Crippen molar-refractivity contribution in [3.63, 3.8) is 0 Å². The number of fused-ring (bicyclic) bond motifs is 9. The monoisotopic (exact) mass is 907 g/mol. The van der Waals surface area contributed by atoms with E-state index in [-0.39, 0.29) is 0 Å². The maximum absolute atomic E-state index is 2.82. The van der Waals surface area contributed by atoms with E-state index in [9.17, 15) is 0 Å². The lowest BCUT2D eigenvalue weighted by Crippen LogP contribution is -2.74. The lowest BCUT2D eigenvalue weighted by molar-refractivity contribution is 1.14. The van der Waals surface area contributed by atoms with Crippen molar-refractivity contribution in [1.29, 1.82) is 0 Å². The van der Waals surface area contributed by atoms with Gasteiger partial charge in [0, 0.05) is 49.4 Å². The van der Waals surface area contributed by atoms with Gasteiger partial charge in [0.25, 0.3) is 0 Å². The molecule has 0 saturated heterocycles. The van der Waals surface area contributed by atoms with E-state index >= 15 is 0 Å². The predicted octanol–water partition coefficient (Wildman–Crippen LogP) is 14.0. The number of nitrogens with zero attached hydrogens (tertiary/aromatic N) is 3. The quantitative estimate of drug-likeness (QED) is 0.107. The molecule has 3 aromatic heterocycles. The maximum Gasteiger partial charge on any atom is 0.179 e. The Morgan fingerprint density at radius 1 is 0.200 bits per heavy atom. The molecule has 0 spiro atoms. The van der Waals surface area contributed by atoms with E-state index in [1.165, 1.54) is 86.3 Å². The van der Waals surface area contributed by atoms with Crippen LogP contribution < -0.4 is 20.7 Å². The summed E-state index contributed by atoms with van der Waals surface area (Å²) in [6.45, 7) is 0. The molecule has 0 fully saturated rings. The van der Waals surface area contributed by atoms with Crippen LogP contribution in [0.25, 0.3) is 93.6 Å². The zero-order valence-electron chi connectivity index (χ0n) is 38.3. The Bertz CT molecular complexity index is 4130. The molecule has 0 aliphatic carbocycles. The second-order valence-electron chi connectivity index (χ2n) is 18.5. The van der Waals surface area contributed by atoms with Crippen LogP contribution in [0, 0.1) is 0 Å². The van der Waals surface area contributed by atoms with Crippen LogP contribution >= 0.6 is 0 Å². The maximum atomic E-state index is 2.52. The highest BCUT2D eigenvalue weighted by molar-refractivity contribution is 7.20. The van der Waals surface area contributed by atoms with Gasteiger partial charge in [-0.05, 0) is 92.5 Å². The Balaban J connectivity index is 1.05. The third-order valence-electron chi connectivity index (χ3n) is 14.8. The Morgan fingerprint density at radius 2 is 0.543 bits per heavy atom. The van der Waals surface area contributed by atoms with Gasteiger partial charge in [-0.25, -0.2) is 0 Å². The molecule has 14 aromatic rings. The molecule has 0 amide bonds. The van der Waals surface area contributed by atoms with Crippen molar-refractivity contribution in [2.24, 2.45) is 0 Å². The van der Waals surface area contributed by atoms with E-state index in [2.05, 4.69) is 287 Å². The van der Waals surface area contributed by atoms with E-state index in [1.807, 2.05) is 0 Å². The molecule has 0 bridgehead atoms. The normalized spacial score (nSPS) is 12.0. The number of hydrogen-bond acceptors (Lipinski definition) is 0. The third kappa shape index (κ3) is 6.07. The Labute approximate surface area is 407 Å². The first-order valence-electron chi connectivity index (χ1n) is 24.2. The summed E-state index contributed by atoms with van der Waals surface area (Å²) in [5.41, 5.74) is 12.8. The van der Waals surface area contributed by atoms with Crippen molar-refractivity contribution in [1.82, 2.24) is 13.7 Å². The molecule has 0 aliphatic rings. The van der Waals surface area contributed by atoms with Gasteiger partial charge >= 0.3 is 0 Å². The lowest BCUT2D eigenvalue weighted by Gasteiger charge is -2.34. The fourth-order valence-electron chi connectivity index (χ4n) is 11.8. The SMILES string of the molecule is c1ccc(-c2cccc(-n3c4cc(-n5c6ccccc6c6ccccc65)ccc4c4ccc(-n5c6ccccc6c6ccc([Si](c7ccccc7)(c7ccccc7)c7ccccc7)cc65)cc43)c2)cc1. The van der Waals surface area contributed by atoms with Gasteiger partial charge in [-0.1, -0.05) is 212 Å². The fourth-order valence-corrected chi connectivity index (χ4v) is 16.5. The second-order valence-corrected chi connectivity index (χ2v) is 22.3. The summed E-state index contributed by atoms with van der Waals surface area (Å²) in [6.07, 6.45) is 0. The van der Waals surface area contributed by atoms with Crippen molar-refractivity contribution in [3.05, 3.63) is 273 Å². The zero-order valence-corrected chi connectivity index (χ0v) is 39.3. The summed E-state index contributed by atoms with van der Waals surface area (Å²) in [5, 5.41) is 12.8. The Hall–Kier alpha value is -8.96. The molecule has 328 valence electrons. The van der Waals surface area contributed by atoms with Gasteiger partial charge in [-0.3, -0.25) is 0 Å². The predicted molar refractivity (Wildman–Crippen MR) is 299 cm³/mol. The molecule has 0 atom stereocenters. The molecule has 11 aromatic carbocycles. The average molecular weight is 908 g/mol. The highest BCUT2D eigenvalue weighted by atomic mass is 28.3. The van der Waals surface area contributed by atoms with Crippen LogP contribution in [0.5, 0.6) is 0 Å². The highest BCUT2D eigenvalue weighted by Gasteiger charge is 2.41. The van der Waals surface area contributed by atoms with Gasteiger partial charge in [-0.15, -0.1) is 0 Å². The molecule has 0 unspecified atom stereocenters. The Kier molecular flexibility index (Phi) is 9.23. The second kappa shape index (κ2) is 16.1. The third-order valence-corrected chi connectivity index (χ3v) is 19.5. The highest BCUT2D eigenvalue weighted by Crippen LogP contribution is 2.40. The molecule has 14 rings (SSSR count). The topological polar surface area (TPSA) is 14.8 Å². The van der Waals surface area contributed by atoms with Gasteiger partial charge in [0.05, 0.1) is 33.1 Å². The van der Waals surface area contributed by atoms with Crippen LogP contribution in [0.1, 0.15) is 0 Å². The number of para-hydroxylation sites is 3. The van der Waals surface area contributed by atoms with E-state index in [0.29, 0.717) is 0 Å². The molecule has 0 N–H and O–H groups in total. The van der Waals surface area contributed by atoms with Gasteiger partial charge in [0.1, 0.15) is 0 Å². The summed E-state index contributed by atoms with van der Waals surface area (Å²) in [6, 6.07) is 101. The summed E-state index contributed by atoms with van der Waals surface area (Å²) < 4.78 is 7.44. The summed E-state index contributed by atoms with van der Waals surface area (Å²) in [7, 11) is -2.82. The van der Waals surface area contributed by atoms with Gasteiger partial charge in [0.15, 0.2) is 8.07 Å². The van der Waals surface area contributed by atoms with E-state index < -0.39 is 8.07 Å². The minimum atomic E-state index is -2.82. The molecule has 3 heterocycles. The van der Waals surface area contributed by atoms with E-state index in [1.54, 1.807) is 0 Å². The molecule has 0 saturated carbocycles. The van der Waals surface area contributed by atoms with Crippen molar-refractivity contribution in [3.8, 4) is 28.2 Å². The fraction of sp³-hybridized carbons (Fsp3) is 0. The van der Waals surface area contributed by atoms with Crippen molar-refractivity contribution in [2.75, 3.05) is 0 Å². The average Bonchev–Trinajstić information content (AvgIpc) is 4.07. The molecular formula is C66H45N3Si. The van der Waals surface area contributed by atoms with Crippen LogP contribution in [-0.2, 0) is 0 Å². The molecular weight excluding hydrogens is 863 g/mol. The lowest BCUT2D eigenvalue weighted by atomic mass is 10.1. The van der Waals surface area contributed by atoms with Gasteiger partial charge in [-0.2, -0.15) is 0 Å². The van der Waals surface area contributed by atoms with Crippen LogP contribution in [0.15, 0.2) is 273 Å². The first-order chi connectivity index (χ1) is 34.7. The molecule has 70 heavy (non-hydrogen) atoms. The van der Waals surface area contributed by atoms with Crippen molar-refractivity contribution < 1.29 is 0 Å². The van der Waals surface area contributed by atoms with Gasteiger partial charge < -0.3 is 13.7 Å². The minimum absolute atomic E-state index is 1.12. The first-order valence-corrected chi connectivity index (χ1v) is 26.2. The summed E-state index contributed by atoms with van der Waals surface area (Å²) in [4.78, 5) is 0. The number of benzene rings is 11. The minimum Gasteiger partial charge on any atom is -0.309 e. The standard InChI is InChI=1S/C66H45N3Si/c1-5-20-46(21-6-1)47-22-19-23-48(42-47)69-64-43-49(67-61-33-16-13-30-55(61)56-31-14-17-34-62(56)67)36-39-58(64)59-40-37-50(44-65(59)69)68-63-35-18-15-32-57(63)60-41-38-54(45-66(60)68)70(51-24-7-2-8-25-51,52-26-9-3-10-27-52)53-28-11-4-12-29-53/h1-45H. The molecule has 3 nitrogen and oxygen atoms in total. The van der Waals surface area contributed by atoms with Crippen LogP contribution in [-0.4, -0.2) is 21.8 Å². The largest absolute Gasteiger partial charge is 0.309 e.